The zero-order valence-electron chi connectivity index (χ0n) is 20.6. The zero-order chi connectivity index (χ0) is 26.2. The molecular formula is C30H22FN7S. The number of H-pyrrole nitrogens is 2. The van der Waals surface area contributed by atoms with Gasteiger partial charge in [-0.15, -0.1) is 0 Å². The topological polar surface area (TPSA) is 95.2 Å². The van der Waals surface area contributed by atoms with E-state index < -0.39 is 5.82 Å². The Morgan fingerprint density at radius 2 is 1.79 bits per heavy atom. The number of pyridine rings is 2. The fourth-order valence-electron chi connectivity index (χ4n) is 4.80. The van der Waals surface area contributed by atoms with Gasteiger partial charge in [-0.3, -0.25) is 10.1 Å². The Bertz CT molecular complexity index is 1910. The number of nitrogens with one attached hydrogen (secondary N) is 3. The number of thiophene rings is 1. The first kappa shape index (κ1) is 23.4. The molecule has 0 aliphatic rings. The lowest BCUT2D eigenvalue weighted by atomic mass is 10.0. The molecule has 0 radical (unpaired) electrons. The lowest BCUT2D eigenvalue weighted by molar-refractivity contribution is 0.636. The first-order chi connectivity index (χ1) is 19.2. The summed E-state index contributed by atoms with van der Waals surface area (Å²) >= 11 is 1.63. The fourth-order valence-corrected chi connectivity index (χ4v) is 5.46. The van der Waals surface area contributed by atoms with Crippen LogP contribution in [0.15, 0.2) is 90.0 Å². The van der Waals surface area contributed by atoms with Crippen LogP contribution in [0.4, 0.5) is 4.39 Å². The van der Waals surface area contributed by atoms with Crippen LogP contribution >= 0.6 is 11.3 Å². The van der Waals surface area contributed by atoms with E-state index in [-0.39, 0.29) is 5.52 Å². The maximum Gasteiger partial charge on any atom is 0.178 e. The number of rotatable bonds is 7. The van der Waals surface area contributed by atoms with Crippen LogP contribution in [0.5, 0.6) is 0 Å². The van der Waals surface area contributed by atoms with Crippen LogP contribution in [0.3, 0.4) is 0 Å². The van der Waals surface area contributed by atoms with Crippen molar-refractivity contribution in [1.82, 2.24) is 35.5 Å². The van der Waals surface area contributed by atoms with E-state index >= 15 is 4.39 Å². The second-order valence-electron chi connectivity index (χ2n) is 9.28. The van der Waals surface area contributed by atoms with Gasteiger partial charge in [0.15, 0.2) is 17.3 Å². The molecule has 0 spiro atoms. The Morgan fingerprint density at radius 3 is 2.67 bits per heavy atom. The van der Waals surface area contributed by atoms with Gasteiger partial charge in [0.1, 0.15) is 11.2 Å². The molecule has 5 heterocycles. The predicted molar refractivity (Wildman–Crippen MR) is 152 cm³/mol. The second kappa shape index (κ2) is 9.86. The van der Waals surface area contributed by atoms with Crippen LogP contribution in [0.2, 0.25) is 0 Å². The number of aromatic amines is 2. The van der Waals surface area contributed by atoms with Crippen molar-refractivity contribution in [2.45, 2.75) is 13.1 Å². The summed E-state index contributed by atoms with van der Waals surface area (Å²) in [5.41, 5.74) is 8.16. The summed E-state index contributed by atoms with van der Waals surface area (Å²) in [6.07, 6.45) is 5.32. The van der Waals surface area contributed by atoms with E-state index in [1.54, 1.807) is 23.7 Å². The third-order valence-electron chi connectivity index (χ3n) is 6.70. The smallest absolute Gasteiger partial charge is 0.178 e. The highest BCUT2D eigenvalue weighted by Gasteiger charge is 2.18. The van der Waals surface area contributed by atoms with Crippen molar-refractivity contribution in [1.29, 1.82) is 0 Å². The van der Waals surface area contributed by atoms with E-state index in [4.69, 9.17) is 4.98 Å². The zero-order valence-corrected chi connectivity index (χ0v) is 21.5. The SMILES string of the molecule is Fc1cc(-c2cncc(CNCc3ccccc3)c2)cc2c(-c3nc4nccc(-c5ccsc5)c4[nH]3)[nH]nc12. The van der Waals surface area contributed by atoms with Crippen molar-refractivity contribution in [3.8, 4) is 33.8 Å². The van der Waals surface area contributed by atoms with E-state index in [0.29, 0.717) is 34.7 Å². The third kappa shape index (κ3) is 4.47. The van der Waals surface area contributed by atoms with E-state index in [1.165, 1.54) is 11.6 Å². The van der Waals surface area contributed by atoms with Crippen molar-refractivity contribution in [3.05, 3.63) is 107 Å². The molecule has 0 aliphatic heterocycles. The molecule has 0 saturated carbocycles. The van der Waals surface area contributed by atoms with E-state index in [1.807, 2.05) is 48.0 Å². The number of halogens is 1. The van der Waals surface area contributed by atoms with E-state index in [2.05, 4.69) is 54.0 Å². The second-order valence-corrected chi connectivity index (χ2v) is 10.1. The summed E-state index contributed by atoms with van der Waals surface area (Å²) in [5.74, 6) is 0.141. The van der Waals surface area contributed by atoms with Crippen LogP contribution in [-0.4, -0.2) is 30.1 Å². The summed E-state index contributed by atoms with van der Waals surface area (Å²) in [6.45, 7) is 1.40. The van der Waals surface area contributed by atoms with Crippen molar-refractivity contribution in [2.24, 2.45) is 0 Å². The highest BCUT2D eigenvalue weighted by atomic mass is 32.1. The van der Waals surface area contributed by atoms with E-state index in [0.717, 1.165) is 34.3 Å². The summed E-state index contributed by atoms with van der Waals surface area (Å²) in [6, 6.07) is 19.7. The van der Waals surface area contributed by atoms with Gasteiger partial charge in [0, 0.05) is 48.2 Å². The van der Waals surface area contributed by atoms with Gasteiger partial charge in [-0.05, 0) is 63.3 Å². The fraction of sp³-hybridized carbons (Fsp3) is 0.0667. The van der Waals surface area contributed by atoms with Gasteiger partial charge < -0.3 is 10.3 Å². The minimum Gasteiger partial charge on any atom is -0.335 e. The molecule has 0 saturated heterocycles. The van der Waals surface area contributed by atoms with E-state index in [9.17, 15) is 0 Å². The standard InChI is InChI=1S/C30H22FN7S/c31-25-12-21(22-10-19(15-33-16-22)14-32-13-18-4-2-1-3-5-18)11-24-26(25)37-38-28(24)30-35-27-23(20-7-9-39-17-20)6-8-34-29(27)36-30/h1-12,15-17,32H,13-14H2,(H,37,38)(H,34,35,36). The molecule has 7 nitrogen and oxygen atoms in total. The summed E-state index contributed by atoms with van der Waals surface area (Å²) < 4.78 is 15.2. The molecule has 190 valence electrons. The Kier molecular flexibility index (Phi) is 5.92. The van der Waals surface area contributed by atoms with Crippen molar-refractivity contribution < 1.29 is 4.39 Å². The highest BCUT2D eigenvalue weighted by molar-refractivity contribution is 7.08. The molecule has 0 bridgehead atoms. The molecule has 5 aromatic heterocycles. The minimum absolute atomic E-state index is 0.258. The Hall–Kier alpha value is -4.73. The van der Waals surface area contributed by atoms with Gasteiger partial charge in [-0.2, -0.15) is 16.4 Å². The van der Waals surface area contributed by atoms with Crippen LogP contribution in [0, 0.1) is 5.82 Å². The molecule has 7 aromatic rings. The molecular weight excluding hydrogens is 509 g/mol. The van der Waals surface area contributed by atoms with Gasteiger partial charge in [-0.1, -0.05) is 30.3 Å². The van der Waals surface area contributed by atoms with Gasteiger partial charge in [0.05, 0.1) is 5.52 Å². The number of nitrogens with zero attached hydrogens (tertiary/aromatic N) is 4. The number of hydrogen-bond acceptors (Lipinski definition) is 6. The molecule has 0 unspecified atom stereocenters. The quantitative estimate of drug-likeness (QED) is 0.212. The third-order valence-corrected chi connectivity index (χ3v) is 7.39. The maximum atomic E-state index is 15.2. The Morgan fingerprint density at radius 1 is 0.897 bits per heavy atom. The summed E-state index contributed by atoms with van der Waals surface area (Å²) in [4.78, 5) is 16.9. The van der Waals surface area contributed by atoms with Gasteiger partial charge in [0.25, 0.3) is 0 Å². The average Bonchev–Trinajstić information content (AvgIpc) is 3.73. The molecule has 9 heteroatoms. The average molecular weight is 532 g/mol. The number of imidazole rings is 1. The monoisotopic (exact) mass is 531 g/mol. The molecule has 0 aliphatic carbocycles. The number of hydrogen-bond donors (Lipinski definition) is 3. The van der Waals surface area contributed by atoms with Crippen molar-refractivity contribution in [3.63, 3.8) is 0 Å². The van der Waals surface area contributed by atoms with Crippen LogP contribution in [-0.2, 0) is 13.1 Å². The molecule has 3 N–H and O–H groups in total. The van der Waals surface area contributed by atoms with Gasteiger partial charge >= 0.3 is 0 Å². The normalized spacial score (nSPS) is 11.5. The summed E-state index contributed by atoms with van der Waals surface area (Å²) in [7, 11) is 0. The first-order valence-corrected chi connectivity index (χ1v) is 13.4. The lowest BCUT2D eigenvalue weighted by Crippen LogP contribution is -2.12. The van der Waals surface area contributed by atoms with Crippen molar-refractivity contribution >= 4 is 33.4 Å². The largest absolute Gasteiger partial charge is 0.335 e. The first-order valence-electron chi connectivity index (χ1n) is 12.5. The molecule has 7 rings (SSSR count). The highest BCUT2D eigenvalue weighted by Crippen LogP contribution is 2.34. The van der Waals surface area contributed by atoms with Gasteiger partial charge in [0.2, 0.25) is 0 Å². The number of benzene rings is 2. The Labute approximate surface area is 226 Å². The molecule has 2 aromatic carbocycles. The minimum atomic E-state index is -0.411. The Balaban J connectivity index is 1.23. The summed E-state index contributed by atoms with van der Waals surface area (Å²) in [5, 5.41) is 15.4. The van der Waals surface area contributed by atoms with Gasteiger partial charge in [-0.25, -0.2) is 14.4 Å². The molecule has 39 heavy (non-hydrogen) atoms. The maximum absolute atomic E-state index is 15.2. The molecule has 0 fully saturated rings. The van der Waals surface area contributed by atoms with Crippen LogP contribution in [0.1, 0.15) is 11.1 Å². The van der Waals surface area contributed by atoms with Crippen LogP contribution in [0.25, 0.3) is 55.8 Å². The van der Waals surface area contributed by atoms with Crippen molar-refractivity contribution in [2.75, 3.05) is 0 Å². The predicted octanol–water partition coefficient (Wildman–Crippen LogP) is 6.72. The lowest BCUT2D eigenvalue weighted by Gasteiger charge is -2.08. The number of aromatic nitrogens is 6. The van der Waals surface area contributed by atoms with Crippen LogP contribution < -0.4 is 5.32 Å². The molecule has 0 atom stereocenters. The number of fused-ring (bicyclic) bond motifs is 2. The molecule has 0 amide bonds.